The molecule has 7 heteroatoms. The predicted octanol–water partition coefficient (Wildman–Crippen LogP) is -0.958. The van der Waals surface area contributed by atoms with Crippen LogP contribution in [-0.4, -0.2) is 46.8 Å². The first-order valence-corrected chi connectivity index (χ1v) is 7.27. The largest absolute Gasteiger partial charge is 0.356 e. The van der Waals surface area contributed by atoms with Crippen LogP contribution in [0.5, 0.6) is 0 Å². The Bertz CT molecular complexity index is 290. The lowest BCUT2D eigenvalue weighted by molar-refractivity contribution is -0.120. The lowest BCUT2D eigenvalue weighted by atomic mass is 10.3. The van der Waals surface area contributed by atoms with Gasteiger partial charge in [-0.1, -0.05) is 6.92 Å². The molecule has 0 heterocycles. The quantitative estimate of drug-likeness (QED) is 0.461. The molecule has 3 N–H and O–H groups in total. The second kappa shape index (κ2) is 8.49. The number of nitrogens with one attached hydrogen (secondary N) is 3. The van der Waals surface area contributed by atoms with Crippen LogP contribution in [0, 0.1) is 0 Å². The molecule has 96 valence electrons. The van der Waals surface area contributed by atoms with Crippen LogP contribution in [0.2, 0.25) is 0 Å². The zero-order valence-corrected chi connectivity index (χ0v) is 10.7. The highest BCUT2D eigenvalue weighted by Crippen LogP contribution is 1.81. The highest BCUT2D eigenvalue weighted by molar-refractivity contribution is 7.88. The van der Waals surface area contributed by atoms with E-state index in [1.54, 1.807) is 0 Å². The molecule has 0 aliphatic carbocycles. The third kappa shape index (κ3) is 11.4. The SMILES string of the molecule is CCNCCC(=O)NCCCNS(C)(=O)=O. The Hall–Kier alpha value is -0.660. The maximum absolute atomic E-state index is 11.2. The van der Waals surface area contributed by atoms with Gasteiger partial charge >= 0.3 is 0 Å². The molecule has 16 heavy (non-hydrogen) atoms. The van der Waals surface area contributed by atoms with Crippen molar-refractivity contribution in [3.05, 3.63) is 0 Å². The molecule has 0 atom stereocenters. The molecule has 0 aliphatic rings. The Morgan fingerprint density at radius 2 is 1.88 bits per heavy atom. The van der Waals surface area contributed by atoms with Crippen LogP contribution in [0.15, 0.2) is 0 Å². The molecule has 0 fully saturated rings. The zero-order valence-electron chi connectivity index (χ0n) is 9.88. The number of sulfonamides is 1. The summed E-state index contributed by atoms with van der Waals surface area (Å²) in [5.74, 6) is -0.0136. The van der Waals surface area contributed by atoms with Crippen molar-refractivity contribution in [2.24, 2.45) is 0 Å². The van der Waals surface area contributed by atoms with Crippen molar-refractivity contribution in [3.8, 4) is 0 Å². The minimum atomic E-state index is -3.12. The Morgan fingerprint density at radius 1 is 1.19 bits per heavy atom. The van der Waals surface area contributed by atoms with Gasteiger partial charge < -0.3 is 10.6 Å². The summed E-state index contributed by atoms with van der Waals surface area (Å²) in [4.78, 5) is 11.2. The highest BCUT2D eigenvalue weighted by Gasteiger charge is 2.01. The molecule has 0 aromatic carbocycles. The summed E-state index contributed by atoms with van der Waals surface area (Å²) in [7, 11) is -3.12. The monoisotopic (exact) mass is 251 g/mol. The van der Waals surface area contributed by atoms with Crippen molar-refractivity contribution in [1.82, 2.24) is 15.4 Å². The van der Waals surface area contributed by atoms with E-state index in [0.29, 0.717) is 32.5 Å². The van der Waals surface area contributed by atoms with Gasteiger partial charge in [-0.25, -0.2) is 13.1 Å². The van der Waals surface area contributed by atoms with Crippen LogP contribution in [-0.2, 0) is 14.8 Å². The fourth-order valence-electron chi connectivity index (χ4n) is 1.04. The molecule has 0 unspecified atom stereocenters. The standard InChI is InChI=1S/C9H21N3O3S/c1-3-10-8-5-9(13)11-6-4-7-12-16(2,14)15/h10,12H,3-8H2,1-2H3,(H,11,13). The Labute approximate surface area is 97.2 Å². The van der Waals surface area contributed by atoms with E-state index >= 15 is 0 Å². The van der Waals surface area contributed by atoms with Crippen LogP contribution in [0.25, 0.3) is 0 Å². The smallest absolute Gasteiger partial charge is 0.221 e. The summed E-state index contributed by atoms with van der Waals surface area (Å²) in [5.41, 5.74) is 0. The van der Waals surface area contributed by atoms with Gasteiger partial charge in [0.2, 0.25) is 15.9 Å². The van der Waals surface area contributed by atoms with E-state index in [4.69, 9.17) is 0 Å². The normalized spacial score (nSPS) is 11.4. The van der Waals surface area contributed by atoms with Crippen LogP contribution >= 0.6 is 0 Å². The molecule has 0 spiro atoms. The molecule has 0 saturated heterocycles. The molecule has 0 aromatic rings. The van der Waals surface area contributed by atoms with Crippen molar-refractivity contribution < 1.29 is 13.2 Å². The zero-order chi connectivity index (χ0) is 12.4. The lowest BCUT2D eigenvalue weighted by Gasteiger charge is -2.05. The molecule has 6 nitrogen and oxygen atoms in total. The van der Waals surface area contributed by atoms with Crippen LogP contribution < -0.4 is 15.4 Å². The van der Waals surface area contributed by atoms with Crippen LogP contribution in [0.4, 0.5) is 0 Å². The summed E-state index contributed by atoms with van der Waals surface area (Å²) >= 11 is 0. The molecule has 0 rings (SSSR count). The van der Waals surface area contributed by atoms with E-state index in [9.17, 15) is 13.2 Å². The predicted molar refractivity (Wildman–Crippen MR) is 63.6 cm³/mol. The number of carbonyl (C=O) groups excluding carboxylic acids is 1. The highest BCUT2D eigenvalue weighted by atomic mass is 32.2. The van der Waals surface area contributed by atoms with Gasteiger partial charge in [-0.3, -0.25) is 4.79 Å². The maximum Gasteiger partial charge on any atom is 0.221 e. The second-order valence-electron chi connectivity index (χ2n) is 3.47. The van der Waals surface area contributed by atoms with Crippen molar-refractivity contribution in [2.45, 2.75) is 19.8 Å². The minimum absolute atomic E-state index is 0.0136. The van der Waals surface area contributed by atoms with Gasteiger partial charge in [0.1, 0.15) is 0 Å². The second-order valence-corrected chi connectivity index (χ2v) is 5.31. The first kappa shape index (κ1) is 15.3. The molecular weight excluding hydrogens is 230 g/mol. The summed E-state index contributed by atoms with van der Waals surface area (Å²) < 4.78 is 23.7. The molecule has 0 aromatic heterocycles. The lowest BCUT2D eigenvalue weighted by Crippen LogP contribution is -2.31. The summed E-state index contributed by atoms with van der Waals surface area (Å²) in [6.45, 7) is 4.35. The summed E-state index contributed by atoms with van der Waals surface area (Å²) in [6.07, 6.45) is 2.16. The molecular formula is C9H21N3O3S. The average molecular weight is 251 g/mol. The van der Waals surface area contributed by atoms with E-state index in [-0.39, 0.29) is 5.91 Å². The maximum atomic E-state index is 11.2. The van der Waals surface area contributed by atoms with E-state index < -0.39 is 10.0 Å². The summed E-state index contributed by atoms with van der Waals surface area (Å²) in [6, 6.07) is 0. The Balaban J connectivity index is 3.34. The molecule has 0 saturated carbocycles. The molecule has 0 radical (unpaired) electrons. The molecule has 1 amide bonds. The van der Waals surface area contributed by atoms with Gasteiger partial charge in [0, 0.05) is 26.1 Å². The third-order valence-electron chi connectivity index (χ3n) is 1.82. The fourth-order valence-corrected chi connectivity index (χ4v) is 1.56. The third-order valence-corrected chi connectivity index (χ3v) is 2.55. The van der Waals surface area contributed by atoms with Crippen molar-refractivity contribution in [2.75, 3.05) is 32.4 Å². The van der Waals surface area contributed by atoms with Gasteiger partial charge in [0.25, 0.3) is 0 Å². The average Bonchev–Trinajstić information content (AvgIpc) is 2.16. The van der Waals surface area contributed by atoms with Crippen LogP contribution in [0.1, 0.15) is 19.8 Å². The first-order valence-electron chi connectivity index (χ1n) is 5.37. The van der Waals surface area contributed by atoms with Gasteiger partial charge in [-0.05, 0) is 13.0 Å². The van der Waals surface area contributed by atoms with Crippen molar-refractivity contribution >= 4 is 15.9 Å². The van der Waals surface area contributed by atoms with E-state index in [1.807, 2.05) is 6.92 Å². The fraction of sp³-hybridized carbons (Fsp3) is 0.889. The van der Waals surface area contributed by atoms with Gasteiger partial charge in [-0.15, -0.1) is 0 Å². The minimum Gasteiger partial charge on any atom is -0.356 e. The number of amides is 1. The van der Waals surface area contributed by atoms with Crippen molar-refractivity contribution in [1.29, 1.82) is 0 Å². The van der Waals surface area contributed by atoms with Gasteiger partial charge in [0.15, 0.2) is 0 Å². The topological polar surface area (TPSA) is 87.3 Å². The number of carbonyl (C=O) groups is 1. The van der Waals surface area contributed by atoms with Gasteiger partial charge in [-0.2, -0.15) is 0 Å². The van der Waals surface area contributed by atoms with Crippen LogP contribution in [0.3, 0.4) is 0 Å². The Kier molecular flexibility index (Phi) is 8.14. The van der Waals surface area contributed by atoms with E-state index in [0.717, 1.165) is 12.8 Å². The van der Waals surface area contributed by atoms with Crippen molar-refractivity contribution in [3.63, 3.8) is 0 Å². The van der Waals surface area contributed by atoms with Gasteiger partial charge in [0.05, 0.1) is 6.26 Å². The number of hydrogen-bond donors (Lipinski definition) is 3. The summed E-state index contributed by atoms with van der Waals surface area (Å²) in [5, 5.41) is 5.76. The molecule has 0 bridgehead atoms. The number of rotatable bonds is 9. The van der Waals surface area contributed by atoms with E-state index in [1.165, 1.54) is 0 Å². The Morgan fingerprint density at radius 3 is 2.44 bits per heavy atom. The van der Waals surface area contributed by atoms with E-state index in [2.05, 4.69) is 15.4 Å². The number of hydrogen-bond acceptors (Lipinski definition) is 4. The first-order chi connectivity index (χ1) is 7.45. The molecule has 0 aliphatic heterocycles.